The van der Waals surface area contributed by atoms with E-state index in [1.807, 2.05) is 48.7 Å². The fraction of sp³-hybridized carbons (Fsp3) is 0.280. The van der Waals surface area contributed by atoms with Crippen molar-refractivity contribution < 1.29 is 37.0 Å². The van der Waals surface area contributed by atoms with E-state index in [0.29, 0.717) is 36.0 Å². The van der Waals surface area contributed by atoms with Gasteiger partial charge in [0.2, 0.25) is 5.89 Å². The van der Waals surface area contributed by atoms with Gasteiger partial charge in [0.1, 0.15) is 18.1 Å². The zero-order valence-corrected chi connectivity index (χ0v) is 19.5. The van der Waals surface area contributed by atoms with Crippen LogP contribution in [0.2, 0.25) is 0 Å². The van der Waals surface area contributed by atoms with Crippen LogP contribution >= 0.6 is 11.3 Å². The molecule has 0 bridgehead atoms. The van der Waals surface area contributed by atoms with Crippen molar-refractivity contribution in [3.63, 3.8) is 0 Å². The van der Waals surface area contributed by atoms with Gasteiger partial charge >= 0.3 is 12.1 Å². The normalized spacial score (nSPS) is 12.7. The zero-order chi connectivity index (χ0) is 25.0. The van der Waals surface area contributed by atoms with Crippen LogP contribution in [0.15, 0.2) is 58.3 Å². The summed E-state index contributed by atoms with van der Waals surface area (Å²) in [6.07, 6.45) is -5.89. The van der Waals surface area contributed by atoms with Crippen LogP contribution in [0, 0.1) is 6.92 Å². The number of nitrogens with zero attached hydrogens (tertiary/aromatic N) is 1. The highest BCUT2D eigenvalue weighted by Gasteiger charge is 2.31. The van der Waals surface area contributed by atoms with Gasteiger partial charge < -0.3 is 19.0 Å². The molecule has 4 rings (SSSR count). The van der Waals surface area contributed by atoms with Crippen molar-refractivity contribution in [3.05, 3.63) is 70.9 Å². The van der Waals surface area contributed by atoms with Gasteiger partial charge in [0.05, 0.1) is 12.3 Å². The third-order valence-electron chi connectivity index (χ3n) is 5.30. The number of hydrogen-bond acceptors (Lipinski definition) is 6. The monoisotopic (exact) mass is 505 g/mol. The molecule has 6 nitrogen and oxygen atoms in total. The van der Waals surface area contributed by atoms with Gasteiger partial charge in [-0.2, -0.15) is 13.2 Å². The number of hydrogen-bond donors (Lipinski definition) is 1. The second kappa shape index (κ2) is 10.5. The van der Waals surface area contributed by atoms with Gasteiger partial charge in [-0.25, -0.2) is 9.78 Å². The third-order valence-corrected chi connectivity index (χ3v) is 6.29. The van der Waals surface area contributed by atoms with Crippen LogP contribution in [0.5, 0.6) is 5.75 Å². The summed E-state index contributed by atoms with van der Waals surface area (Å²) in [5, 5.41) is 11.9. The lowest BCUT2D eigenvalue weighted by molar-refractivity contribution is -0.192. The minimum atomic E-state index is -4.60. The highest BCUT2D eigenvalue weighted by atomic mass is 32.1. The molecular weight excluding hydrogens is 483 g/mol. The van der Waals surface area contributed by atoms with Crippen LogP contribution in [0.1, 0.15) is 17.0 Å². The molecule has 2 heterocycles. The number of carboxylic acid groups (broad SMARTS) is 1. The molecule has 1 N–H and O–H groups in total. The number of oxazole rings is 1. The van der Waals surface area contributed by atoms with E-state index in [1.54, 1.807) is 12.1 Å². The summed E-state index contributed by atoms with van der Waals surface area (Å²) in [5.41, 5.74) is 2.25. The summed E-state index contributed by atoms with van der Waals surface area (Å²) in [5.74, 6) is 0.403. The molecular formula is C25H22F3NO5S. The average Bonchev–Trinajstić information content (AvgIpc) is 3.45. The van der Waals surface area contributed by atoms with Gasteiger partial charge in [-0.1, -0.05) is 24.3 Å². The molecule has 0 radical (unpaired) electrons. The summed E-state index contributed by atoms with van der Waals surface area (Å²) in [4.78, 5) is 16.0. The number of alkyl halides is 3. The zero-order valence-electron chi connectivity index (χ0n) is 18.7. The number of ether oxygens (including phenoxy) is 2. The van der Waals surface area contributed by atoms with Gasteiger partial charge in [-0.3, -0.25) is 0 Å². The van der Waals surface area contributed by atoms with Crippen LogP contribution in [0.4, 0.5) is 13.2 Å². The number of carbonyl (C=O) groups is 1. The van der Waals surface area contributed by atoms with Crippen LogP contribution in [-0.4, -0.2) is 41.6 Å². The number of fused-ring (bicyclic) bond motifs is 1. The van der Waals surface area contributed by atoms with Crippen LogP contribution in [-0.2, 0) is 22.4 Å². The molecule has 0 fully saturated rings. The highest BCUT2D eigenvalue weighted by molar-refractivity contribution is 7.17. The van der Waals surface area contributed by atoms with E-state index in [2.05, 4.69) is 9.72 Å². The van der Waals surface area contributed by atoms with E-state index in [0.717, 1.165) is 21.3 Å². The van der Waals surface area contributed by atoms with Gasteiger partial charge in [-0.15, -0.1) is 11.3 Å². The fourth-order valence-electron chi connectivity index (χ4n) is 3.61. The second-order valence-electron chi connectivity index (χ2n) is 7.83. The van der Waals surface area contributed by atoms with Gasteiger partial charge in [0.25, 0.3) is 0 Å². The predicted octanol–water partition coefficient (Wildman–Crippen LogP) is 6.06. The van der Waals surface area contributed by atoms with Crippen LogP contribution in [0.3, 0.4) is 0 Å². The summed E-state index contributed by atoms with van der Waals surface area (Å²) in [6.45, 7) is 0.560. The first kappa shape index (κ1) is 24.7. The largest absolute Gasteiger partial charge is 0.493 e. The number of carboxylic acids is 1. The summed E-state index contributed by atoms with van der Waals surface area (Å²) < 4.78 is 54.6. The number of benzene rings is 2. The van der Waals surface area contributed by atoms with Crippen molar-refractivity contribution in [2.24, 2.45) is 0 Å². The molecule has 1 atom stereocenters. The van der Waals surface area contributed by atoms with Crippen molar-refractivity contribution in [3.8, 4) is 17.2 Å². The first-order chi connectivity index (χ1) is 16.7. The summed E-state index contributed by atoms with van der Waals surface area (Å²) in [6, 6.07) is 14.8. The Hall–Kier alpha value is -3.37. The molecule has 2 aromatic carbocycles. The van der Waals surface area contributed by atoms with Crippen molar-refractivity contribution in [1.29, 1.82) is 0 Å². The molecule has 0 amide bonds. The number of rotatable bonds is 10. The molecule has 0 spiro atoms. The van der Waals surface area contributed by atoms with Gasteiger partial charge in [-0.05, 0) is 42.1 Å². The fourth-order valence-corrected chi connectivity index (χ4v) is 4.55. The molecule has 0 saturated heterocycles. The molecule has 35 heavy (non-hydrogen) atoms. The summed E-state index contributed by atoms with van der Waals surface area (Å²) in [7, 11) is 0. The van der Waals surface area contributed by atoms with Gasteiger partial charge in [0.15, 0.2) is 6.10 Å². The van der Waals surface area contributed by atoms with E-state index in [9.17, 15) is 23.1 Å². The Labute approximate surface area is 202 Å². The van der Waals surface area contributed by atoms with Crippen molar-refractivity contribution in [2.75, 3.05) is 13.2 Å². The average molecular weight is 506 g/mol. The minimum Gasteiger partial charge on any atom is -0.493 e. The maximum atomic E-state index is 12.5. The number of halogens is 3. The van der Waals surface area contributed by atoms with E-state index in [4.69, 9.17) is 9.15 Å². The first-order valence-corrected chi connectivity index (χ1v) is 11.6. The lowest BCUT2D eigenvalue weighted by atomic mass is 10.1. The SMILES string of the molecule is Cc1oc(-c2ccccc2)nc1CCOc1ccc(C[C@H](OCC(F)(F)F)C(=O)O)c2sccc12. The maximum absolute atomic E-state index is 12.5. The van der Waals surface area contributed by atoms with E-state index in [1.165, 1.54) is 11.3 Å². The van der Waals surface area contributed by atoms with Crippen LogP contribution in [0.25, 0.3) is 21.5 Å². The van der Waals surface area contributed by atoms with E-state index in [-0.39, 0.29) is 6.42 Å². The van der Waals surface area contributed by atoms with E-state index >= 15 is 0 Å². The Morgan fingerprint density at radius 3 is 2.66 bits per heavy atom. The molecule has 0 aliphatic heterocycles. The molecule has 4 aromatic rings. The molecule has 0 unspecified atom stereocenters. The maximum Gasteiger partial charge on any atom is 0.411 e. The third kappa shape index (κ3) is 6.20. The van der Waals surface area contributed by atoms with Crippen molar-refractivity contribution >= 4 is 27.4 Å². The number of thiophene rings is 1. The summed E-state index contributed by atoms with van der Waals surface area (Å²) >= 11 is 1.36. The Kier molecular flexibility index (Phi) is 7.42. The molecule has 10 heteroatoms. The predicted molar refractivity (Wildman–Crippen MR) is 125 cm³/mol. The van der Waals surface area contributed by atoms with Gasteiger partial charge in [0, 0.05) is 28.5 Å². The second-order valence-corrected chi connectivity index (χ2v) is 8.75. The Morgan fingerprint density at radius 2 is 1.94 bits per heavy atom. The number of aromatic nitrogens is 1. The van der Waals surface area contributed by atoms with Crippen LogP contribution < -0.4 is 4.74 Å². The Morgan fingerprint density at radius 1 is 1.17 bits per heavy atom. The smallest absolute Gasteiger partial charge is 0.411 e. The molecule has 2 aromatic heterocycles. The lowest BCUT2D eigenvalue weighted by Gasteiger charge is -2.16. The lowest BCUT2D eigenvalue weighted by Crippen LogP contribution is -2.31. The molecule has 0 aliphatic rings. The van der Waals surface area contributed by atoms with Crippen molar-refractivity contribution in [2.45, 2.75) is 32.0 Å². The standard InChI is InChI=1S/C25H22F3NO5S/c1-15-19(29-23(34-15)16-5-3-2-4-6-16)9-11-32-20-8-7-17(22-18(20)10-12-35-22)13-21(24(30)31)33-14-25(26,27)28/h2-8,10,12,21H,9,11,13-14H2,1H3,(H,30,31)/t21-/m0/s1. The highest BCUT2D eigenvalue weighted by Crippen LogP contribution is 2.34. The molecule has 0 saturated carbocycles. The first-order valence-electron chi connectivity index (χ1n) is 10.8. The number of aryl methyl sites for hydroxylation is 1. The number of aliphatic carboxylic acids is 1. The molecule has 0 aliphatic carbocycles. The Balaban J connectivity index is 1.43. The topological polar surface area (TPSA) is 81.8 Å². The van der Waals surface area contributed by atoms with Crippen molar-refractivity contribution in [1.82, 2.24) is 4.98 Å². The quantitative estimate of drug-likeness (QED) is 0.282. The molecule has 184 valence electrons. The van der Waals surface area contributed by atoms with E-state index < -0.39 is 24.9 Å². The minimum absolute atomic E-state index is 0.191. The Bertz CT molecular complexity index is 1300.